The Hall–Kier alpha value is -2.51. The van der Waals surface area contributed by atoms with Crippen molar-refractivity contribution in [1.29, 1.82) is 0 Å². The Bertz CT molecular complexity index is 938. The van der Waals surface area contributed by atoms with Gasteiger partial charge in [0, 0.05) is 18.7 Å². The van der Waals surface area contributed by atoms with Crippen LogP contribution in [0.3, 0.4) is 0 Å². The molecule has 0 aliphatic heterocycles. The number of nitrogens with zero attached hydrogens (tertiary/aromatic N) is 3. The Labute approximate surface area is 168 Å². The molecule has 148 valence electrons. The molecule has 28 heavy (non-hydrogen) atoms. The molecule has 0 bridgehead atoms. The second-order valence-electron chi connectivity index (χ2n) is 6.32. The molecule has 0 saturated heterocycles. The predicted octanol–water partition coefficient (Wildman–Crippen LogP) is 4.43. The van der Waals surface area contributed by atoms with Gasteiger partial charge in [-0.15, -0.1) is 0 Å². The summed E-state index contributed by atoms with van der Waals surface area (Å²) in [6.07, 6.45) is 0. The summed E-state index contributed by atoms with van der Waals surface area (Å²) in [5.74, 6) is 0.259. The number of likely N-dealkylation sites (N-methyl/N-ethyl adjacent to an activating group) is 1. The molecule has 0 radical (unpaired) electrons. The zero-order valence-electron chi connectivity index (χ0n) is 16.3. The first kappa shape index (κ1) is 20.2. The first-order valence-electron chi connectivity index (χ1n) is 9.30. The summed E-state index contributed by atoms with van der Waals surface area (Å²) in [6, 6.07) is 11.5. The van der Waals surface area contributed by atoms with E-state index < -0.39 is 0 Å². The number of thiazole rings is 1. The Morgan fingerprint density at radius 1 is 1.11 bits per heavy atom. The van der Waals surface area contributed by atoms with Crippen molar-refractivity contribution in [3.05, 3.63) is 53.8 Å². The van der Waals surface area contributed by atoms with Crippen LogP contribution in [0, 0.1) is 5.82 Å². The van der Waals surface area contributed by atoms with Crippen LogP contribution in [-0.4, -0.2) is 49.1 Å². The van der Waals surface area contributed by atoms with E-state index in [9.17, 15) is 9.18 Å². The van der Waals surface area contributed by atoms with Crippen LogP contribution in [0.4, 0.5) is 9.52 Å². The van der Waals surface area contributed by atoms with Gasteiger partial charge in [0.1, 0.15) is 11.6 Å². The molecule has 0 atom stereocenters. The highest BCUT2D eigenvalue weighted by Crippen LogP contribution is 2.30. The van der Waals surface area contributed by atoms with Crippen molar-refractivity contribution in [1.82, 2.24) is 9.88 Å². The molecule has 3 rings (SSSR count). The van der Waals surface area contributed by atoms with Crippen molar-refractivity contribution in [2.45, 2.75) is 13.8 Å². The van der Waals surface area contributed by atoms with E-state index in [4.69, 9.17) is 4.74 Å². The number of benzene rings is 2. The number of aromatic nitrogens is 1. The van der Waals surface area contributed by atoms with Gasteiger partial charge in [0.25, 0.3) is 5.91 Å². The van der Waals surface area contributed by atoms with Crippen LogP contribution in [0.25, 0.3) is 10.2 Å². The van der Waals surface area contributed by atoms with Gasteiger partial charge < -0.3 is 9.64 Å². The highest BCUT2D eigenvalue weighted by atomic mass is 32.1. The SMILES string of the molecule is CCN(CC)CCN(C(=O)c1ccc(OC)cc1)c1nc2ccc(F)cc2s1. The van der Waals surface area contributed by atoms with Crippen LogP contribution in [-0.2, 0) is 0 Å². The molecular weight excluding hydrogens is 377 g/mol. The molecule has 1 aromatic heterocycles. The fraction of sp³-hybridized carbons (Fsp3) is 0.333. The first-order chi connectivity index (χ1) is 13.5. The minimum atomic E-state index is -0.307. The average Bonchev–Trinajstić information content (AvgIpc) is 3.13. The maximum atomic E-state index is 13.6. The monoisotopic (exact) mass is 401 g/mol. The third-order valence-electron chi connectivity index (χ3n) is 4.69. The number of hydrogen-bond acceptors (Lipinski definition) is 5. The topological polar surface area (TPSA) is 45.7 Å². The third kappa shape index (κ3) is 4.48. The molecule has 0 N–H and O–H groups in total. The molecule has 0 saturated carbocycles. The first-order valence-corrected chi connectivity index (χ1v) is 10.1. The van der Waals surface area contributed by atoms with Gasteiger partial charge in [0.2, 0.25) is 0 Å². The van der Waals surface area contributed by atoms with E-state index in [1.807, 2.05) is 0 Å². The molecule has 0 fully saturated rings. The van der Waals surface area contributed by atoms with Crippen molar-refractivity contribution in [3.8, 4) is 5.75 Å². The lowest BCUT2D eigenvalue weighted by Crippen LogP contribution is -2.38. The normalized spacial score (nSPS) is 11.2. The lowest BCUT2D eigenvalue weighted by Gasteiger charge is -2.24. The van der Waals surface area contributed by atoms with Gasteiger partial charge in [0.05, 0.1) is 17.3 Å². The standard InChI is InChI=1S/C21H24FN3O2S/c1-4-24(5-2)12-13-25(20(26)15-6-9-17(27-3)10-7-15)21-23-18-11-8-16(22)14-19(18)28-21/h6-11,14H,4-5,12-13H2,1-3H3. The minimum absolute atomic E-state index is 0.130. The number of carbonyl (C=O) groups excluding carboxylic acids is 1. The van der Waals surface area contributed by atoms with E-state index in [2.05, 4.69) is 23.7 Å². The van der Waals surface area contributed by atoms with E-state index in [0.29, 0.717) is 28.5 Å². The van der Waals surface area contributed by atoms with Crippen LogP contribution in [0.5, 0.6) is 5.75 Å². The number of halogens is 1. The van der Waals surface area contributed by atoms with E-state index in [1.165, 1.54) is 23.5 Å². The van der Waals surface area contributed by atoms with Gasteiger partial charge in [-0.25, -0.2) is 9.37 Å². The number of hydrogen-bond donors (Lipinski definition) is 0. The number of methoxy groups -OCH3 is 1. The van der Waals surface area contributed by atoms with Crippen LogP contribution >= 0.6 is 11.3 Å². The zero-order valence-corrected chi connectivity index (χ0v) is 17.1. The van der Waals surface area contributed by atoms with Crippen molar-refractivity contribution in [2.75, 3.05) is 38.2 Å². The summed E-state index contributed by atoms with van der Waals surface area (Å²) in [7, 11) is 1.59. The van der Waals surface area contributed by atoms with Crippen LogP contribution in [0.1, 0.15) is 24.2 Å². The number of amides is 1. The summed E-state index contributed by atoms with van der Waals surface area (Å²) in [5, 5.41) is 0.577. The highest BCUT2D eigenvalue weighted by molar-refractivity contribution is 7.22. The summed E-state index contributed by atoms with van der Waals surface area (Å²) < 4.78 is 19.5. The summed E-state index contributed by atoms with van der Waals surface area (Å²) in [4.78, 5) is 21.7. The van der Waals surface area contributed by atoms with Gasteiger partial charge in [-0.3, -0.25) is 9.69 Å². The molecule has 0 unspecified atom stereocenters. The lowest BCUT2D eigenvalue weighted by molar-refractivity contribution is 0.0983. The molecular formula is C21H24FN3O2S. The number of fused-ring (bicyclic) bond motifs is 1. The van der Waals surface area contributed by atoms with Gasteiger partial charge >= 0.3 is 0 Å². The van der Waals surface area contributed by atoms with Crippen LogP contribution < -0.4 is 9.64 Å². The second-order valence-corrected chi connectivity index (χ2v) is 7.33. The maximum Gasteiger partial charge on any atom is 0.260 e. The number of ether oxygens (including phenoxy) is 1. The van der Waals surface area contributed by atoms with Gasteiger partial charge in [0.15, 0.2) is 5.13 Å². The van der Waals surface area contributed by atoms with Gasteiger partial charge in [-0.2, -0.15) is 0 Å². The molecule has 0 aliphatic rings. The Morgan fingerprint density at radius 2 is 1.82 bits per heavy atom. The van der Waals surface area contributed by atoms with Crippen molar-refractivity contribution < 1.29 is 13.9 Å². The van der Waals surface area contributed by atoms with E-state index in [-0.39, 0.29) is 11.7 Å². The average molecular weight is 402 g/mol. The Morgan fingerprint density at radius 3 is 2.46 bits per heavy atom. The molecule has 5 nitrogen and oxygen atoms in total. The molecule has 1 amide bonds. The third-order valence-corrected chi connectivity index (χ3v) is 5.73. The molecule has 3 aromatic rings. The molecule has 0 spiro atoms. The molecule has 7 heteroatoms. The van der Waals surface area contributed by atoms with Gasteiger partial charge in [-0.05, 0) is 55.6 Å². The molecule has 0 aliphatic carbocycles. The number of rotatable bonds is 8. The predicted molar refractivity (Wildman–Crippen MR) is 112 cm³/mol. The van der Waals surface area contributed by atoms with Crippen LogP contribution in [0.15, 0.2) is 42.5 Å². The van der Waals surface area contributed by atoms with Crippen molar-refractivity contribution in [3.63, 3.8) is 0 Å². The quantitative estimate of drug-likeness (QED) is 0.560. The van der Waals surface area contributed by atoms with Gasteiger partial charge in [-0.1, -0.05) is 25.2 Å². The molecule has 1 heterocycles. The van der Waals surface area contributed by atoms with E-state index >= 15 is 0 Å². The number of carbonyl (C=O) groups is 1. The smallest absolute Gasteiger partial charge is 0.260 e. The summed E-state index contributed by atoms with van der Waals surface area (Å²) >= 11 is 1.33. The number of anilines is 1. The lowest BCUT2D eigenvalue weighted by atomic mass is 10.2. The largest absolute Gasteiger partial charge is 0.497 e. The zero-order chi connectivity index (χ0) is 20.1. The van der Waals surface area contributed by atoms with E-state index in [1.54, 1.807) is 42.3 Å². The minimum Gasteiger partial charge on any atom is -0.497 e. The fourth-order valence-electron chi connectivity index (χ4n) is 2.96. The van der Waals surface area contributed by atoms with Crippen LogP contribution in [0.2, 0.25) is 0 Å². The Kier molecular flexibility index (Phi) is 6.59. The molecule has 2 aromatic carbocycles. The second kappa shape index (κ2) is 9.12. The van der Waals surface area contributed by atoms with E-state index in [0.717, 1.165) is 24.3 Å². The Balaban J connectivity index is 1.93. The fourth-order valence-corrected chi connectivity index (χ4v) is 3.97. The maximum absolute atomic E-state index is 13.6. The van der Waals surface area contributed by atoms with Crippen molar-refractivity contribution >= 4 is 32.6 Å². The highest BCUT2D eigenvalue weighted by Gasteiger charge is 2.22. The summed E-state index contributed by atoms with van der Waals surface area (Å²) in [5.41, 5.74) is 1.25. The summed E-state index contributed by atoms with van der Waals surface area (Å²) in [6.45, 7) is 7.26. The van der Waals surface area contributed by atoms with Crippen molar-refractivity contribution in [2.24, 2.45) is 0 Å².